The molecule has 0 aliphatic carbocycles. The van der Waals surface area contributed by atoms with E-state index >= 15 is 0 Å². The smallest absolute Gasteiger partial charge is 0.259 e. The molecule has 6 heteroatoms. The minimum atomic E-state index is -0.171. The van der Waals surface area contributed by atoms with Crippen LogP contribution in [0.3, 0.4) is 0 Å². The average molecular weight is 343 g/mol. The number of ether oxygens (including phenoxy) is 1. The van der Waals surface area contributed by atoms with Gasteiger partial charge in [0.15, 0.2) is 0 Å². The van der Waals surface area contributed by atoms with Crippen molar-refractivity contribution in [3.05, 3.63) is 41.0 Å². The number of furan rings is 1. The lowest BCUT2D eigenvalue weighted by atomic mass is 10.1. The van der Waals surface area contributed by atoms with E-state index < -0.39 is 0 Å². The largest absolute Gasteiger partial charge is 0.466 e. The Morgan fingerprint density at radius 3 is 2.36 bits per heavy atom. The van der Waals surface area contributed by atoms with Crippen LogP contribution in [0.4, 0.5) is 11.5 Å². The fourth-order valence-corrected chi connectivity index (χ4v) is 3.33. The second-order valence-electron chi connectivity index (χ2n) is 6.74. The Kier molecular flexibility index (Phi) is 4.81. The molecule has 1 N–H and O–H groups in total. The first kappa shape index (κ1) is 17.5. The lowest BCUT2D eigenvalue weighted by Crippen LogP contribution is -2.45. The zero-order valence-electron chi connectivity index (χ0n) is 15.4. The Morgan fingerprint density at radius 1 is 1.16 bits per heavy atom. The Morgan fingerprint density at radius 2 is 1.84 bits per heavy atom. The fraction of sp³-hybridized carbons (Fsp3) is 0.474. The van der Waals surface area contributed by atoms with Gasteiger partial charge in [0.25, 0.3) is 5.91 Å². The van der Waals surface area contributed by atoms with Gasteiger partial charge in [0, 0.05) is 18.7 Å². The summed E-state index contributed by atoms with van der Waals surface area (Å²) in [6.07, 6.45) is 2.05. The molecular formula is C19H25N3O3. The highest BCUT2D eigenvalue weighted by molar-refractivity contribution is 6.06. The van der Waals surface area contributed by atoms with E-state index in [9.17, 15) is 4.79 Å². The lowest BCUT2D eigenvalue weighted by molar-refractivity contribution is -0.00545. The van der Waals surface area contributed by atoms with Gasteiger partial charge in [0.05, 0.1) is 29.7 Å². The SMILES string of the molecule is Cc1oc(C)c(C(=O)Nc2ccc(N3C[C@@H](C)O[C@@H](C)C3)nc2)c1C. The van der Waals surface area contributed by atoms with Crippen LogP contribution in [0, 0.1) is 20.8 Å². The molecule has 0 unspecified atom stereocenters. The molecule has 2 aromatic rings. The van der Waals surface area contributed by atoms with Crippen LogP contribution < -0.4 is 10.2 Å². The van der Waals surface area contributed by atoms with Crippen LogP contribution in [0.2, 0.25) is 0 Å². The summed E-state index contributed by atoms with van der Waals surface area (Å²) >= 11 is 0. The summed E-state index contributed by atoms with van der Waals surface area (Å²) in [5.74, 6) is 2.13. The van der Waals surface area contributed by atoms with E-state index in [0.717, 1.165) is 30.2 Å². The maximum absolute atomic E-state index is 12.5. The number of anilines is 2. The van der Waals surface area contributed by atoms with Gasteiger partial charge in [-0.2, -0.15) is 0 Å². The molecule has 0 aromatic carbocycles. The van der Waals surface area contributed by atoms with Crippen LogP contribution in [-0.2, 0) is 4.74 Å². The van der Waals surface area contributed by atoms with Gasteiger partial charge in [-0.3, -0.25) is 4.79 Å². The van der Waals surface area contributed by atoms with Crippen LogP contribution in [0.15, 0.2) is 22.7 Å². The summed E-state index contributed by atoms with van der Waals surface area (Å²) in [6, 6.07) is 3.81. The number of carbonyl (C=O) groups is 1. The third-order valence-electron chi connectivity index (χ3n) is 4.54. The predicted molar refractivity (Wildman–Crippen MR) is 97.3 cm³/mol. The molecule has 0 radical (unpaired) electrons. The molecule has 2 aromatic heterocycles. The highest BCUT2D eigenvalue weighted by atomic mass is 16.5. The molecule has 3 heterocycles. The molecule has 134 valence electrons. The maximum atomic E-state index is 12.5. The molecule has 6 nitrogen and oxygen atoms in total. The summed E-state index contributed by atoms with van der Waals surface area (Å²) in [5.41, 5.74) is 2.13. The van der Waals surface area contributed by atoms with Crippen molar-refractivity contribution in [2.75, 3.05) is 23.3 Å². The summed E-state index contributed by atoms with van der Waals surface area (Å²) in [5, 5.41) is 2.90. The maximum Gasteiger partial charge on any atom is 0.259 e. The van der Waals surface area contributed by atoms with Crippen molar-refractivity contribution in [2.24, 2.45) is 0 Å². The first-order chi connectivity index (χ1) is 11.8. The van der Waals surface area contributed by atoms with Crippen LogP contribution in [0.5, 0.6) is 0 Å². The summed E-state index contributed by atoms with van der Waals surface area (Å²) in [4.78, 5) is 19.2. The van der Waals surface area contributed by atoms with Gasteiger partial charge in [-0.1, -0.05) is 0 Å². The van der Waals surface area contributed by atoms with Crippen molar-refractivity contribution >= 4 is 17.4 Å². The zero-order chi connectivity index (χ0) is 18.1. The topological polar surface area (TPSA) is 67.6 Å². The molecule has 0 bridgehead atoms. The van der Waals surface area contributed by atoms with Crippen molar-refractivity contribution in [1.29, 1.82) is 0 Å². The number of hydrogen-bond donors (Lipinski definition) is 1. The second kappa shape index (κ2) is 6.88. The number of rotatable bonds is 3. The van der Waals surface area contributed by atoms with E-state index in [1.807, 2.05) is 26.0 Å². The first-order valence-electron chi connectivity index (χ1n) is 8.59. The van der Waals surface area contributed by atoms with Crippen molar-refractivity contribution < 1.29 is 13.9 Å². The number of carbonyl (C=O) groups excluding carboxylic acids is 1. The molecule has 3 rings (SSSR count). The van der Waals surface area contributed by atoms with Crippen molar-refractivity contribution in [1.82, 2.24) is 4.98 Å². The first-order valence-corrected chi connectivity index (χ1v) is 8.59. The number of pyridine rings is 1. The molecule has 1 aliphatic heterocycles. The summed E-state index contributed by atoms with van der Waals surface area (Å²) in [6.45, 7) is 11.3. The van der Waals surface area contributed by atoms with E-state index in [1.54, 1.807) is 13.1 Å². The minimum Gasteiger partial charge on any atom is -0.466 e. The van der Waals surface area contributed by atoms with Gasteiger partial charge in [-0.15, -0.1) is 0 Å². The molecule has 0 saturated carbocycles. The van der Waals surface area contributed by atoms with E-state index in [4.69, 9.17) is 9.15 Å². The highest BCUT2D eigenvalue weighted by Crippen LogP contribution is 2.23. The molecule has 1 saturated heterocycles. The number of aromatic nitrogens is 1. The standard InChI is InChI=1S/C19H25N3O3/c1-11-9-22(10-12(2)24-11)17-7-6-16(8-20-17)21-19(23)18-13(3)14(4)25-15(18)5/h6-8,11-12H,9-10H2,1-5H3,(H,21,23)/t11-,12+. The van der Waals surface area contributed by atoms with Crippen LogP contribution >= 0.6 is 0 Å². The van der Waals surface area contributed by atoms with E-state index in [2.05, 4.69) is 29.0 Å². The average Bonchev–Trinajstić information content (AvgIpc) is 2.79. The molecular weight excluding hydrogens is 318 g/mol. The van der Waals surface area contributed by atoms with Gasteiger partial charge >= 0.3 is 0 Å². The second-order valence-corrected chi connectivity index (χ2v) is 6.74. The lowest BCUT2D eigenvalue weighted by Gasteiger charge is -2.36. The molecule has 25 heavy (non-hydrogen) atoms. The normalized spacial score (nSPS) is 20.6. The van der Waals surface area contributed by atoms with Gasteiger partial charge in [-0.25, -0.2) is 4.98 Å². The van der Waals surface area contributed by atoms with Crippen molar-refractivity contribution in [3.63, 3.8) is 0 Å². The number of aryl methyl sites for hydroxylation is 2. The molecule has 1 fully saturated rings. The van der Waals surface area contributed by atoms with Crippen LogP contribution in [0.1, 0.15) is 41.3 Å². The number of hydrogen-bond acceptors (Lipinski definition) is 5. The van der Waals surface area contributed by atoms with Crippen LogP contribution in [0.25, 0.3) is 0 Å². The Bertz CT molecular complexity index is 757. The Hall–Kier alpha value is -2.34. The monoisotopic (exact) mass is 343 g/mol. The van der Waals surface area contributed by atoms with E-state index in [-0.39, 0.29) is 18.1 Å². The number of nitrogens with one attached hydrogen (secondary N) is 1. The molecule has 0 spiro atoms. The third-order valence-corrected chi connectivity index (χ3v) is 4.54. The predicted octanol–water partition coefficient (Wildman–Crippen LogP) is 3.47. The summed E-state index contributed by atoms with van der Waals surface area (Å²) in [7, 11) is 0. The Balaban J connectivity index is 1.71. The van der Waals surface area contributed by atoms with Crippen LogP contribution in [-0.4, -0.2) is 36.2 Å². The number of nitrogens with zero attached hydrogens (tertiary/aromatic N) is 2. The van der Waals surface area contributed by atoms with E-state index in [0.29, 0.717) is 17.0 Å². The van der Waals surface area contributed by atoms with Crippen molar-refractivity contribution in [2.45, 2.75) is 46.8 Å². The number of morpholine rings is 1. The van der Waals surface area contributed by atoms with Crippen molar-refractivity contribution in [3.8, 4) is 0 Å². The molecule has 1 amide bonds. The number of amides is 1. The van der Waals surface area contributed by atoms with Gasteiger partial charge < -0.3 is 19.4 Å². The molecule has 2 atom stereocenters. The fourth-order valence-electron chi connectivity index (χ4n) is 3.33. The van der Waals surface area contributed by atoms with Gasteiger partial charge in [-0.05, 0) is 46.8 Å². The zero-order valence-corrected chi connectivity index (χ0v) is 15.4. The quantitative estimate of drug-likeness (QED) is 0.924. The summed E-state index contributed by atoms with van der Waals surface area (Å²) < 4.78 is 11.3. The van der Waals surface area contributed by atoms with E-state index in [1.165, 1.54) is 0 Å². The van der Waals surface area contributed by atoms with Gasteiger partial charge in [0.2, 0.25) is 0 Å². The third kappa shape index (κ3) is 3.69. The molecule has 1 aliphatic rings. The minimum absolute atomic E-state index is 0.171. The Labute approximate surface area is 148 Å². The van der Waals surface area contributed by atoms with Gasteiger partial charge in [0.1, 0.15) is 17.3 Å². The highest BCUT2D eigenvalue weighted by Gasteiger charge is 2.23.